The lowest BCUT2D eigenvalue weighted by atomic mass is 10.2. The molecule has 0 unspecified atom stereocenters. The molecule has 0 N–H and O–H groups in total. The van der Waals surface area contributed by atoms with Crippen LogP contribution in [0.1, 0.15) is 11.1 Å². The van der Waals surface area contributed by atoms with Gasteiger partial charge in [-0.2, -0.15) is 5.26 Å². The van der Waals surface area contributed by atoms with E-state index in [1.54, 1.807) is 18.2 Å². The molecule has 2 rings (SSSR count). The quantitative estimate of drug-likeness (QED) is 0.765. The zero-order valence-electron chi connectivity index (χ0n) is 8.90. The Balaban J connectivity index is 2.23. The largest absolute Gasteiger partial charge is 0.201 e. The van der Waals surface area contributed by atoms with E-state index in [1.807, 2.05) is 29.1 Å². The lowest BCUT2D eigenvalue weighted by molar-refractivity contribution is -0.688. The number of pyridine rings is 1. The van der Waals surface area contributed by atoms with Crippen molar-refractivity contribution in [2.75, 3.05) is 0 Å². The molecular formula is C13H9Cl2N2+. The van der Waals surface area contributed by atoms with E-state index in [0.29, 0.717) is 22.2 Å². The summed E-state index contributed by atoms with van der Waals surface area (Å²) < 4.78 is 1.95. The fourth-order valence-corrected chi connectivity index (χ4v) is 1.95. The third-order valence-electron chi connectivity index (χ3n) is 2.39. The molecule has 0 bridgehead atoms. The molecule has 0 saturated heterocycles. The molecule has 1 aromatic heterocycles. The molecule has 0 spiro atoms. The fourth-order valence-electron chi connectivity index (χ4n) is 1.48. The summed E-state index contributed by atoms with van der Waals surface area (Å²) in [7, 11) is 0. The molecule has 2 aromatic rings. The second-order valence-corrected chi connectivity index (χ2v) is 4.45. The van der Waals surface area contributed by atoms with Crippen LogP contribution in [0.2, 0.25) is 10.0 Å². The third kappa shape index (κ3) is 2.97. The molecular weight excluding hydrogens is 255 g/mol. The van der Waals surface area contributed by atoms with Crippen LogP contribution in [-0.4, -0.2) is 0 Å². The lowest BCUT2D eigenvalue weighted by Gasteiger charge is -2.01. The molecule has 1 aromatic carbocycles. The predicted molar refractivity (Wildman–Crippen MR) is 66.9 cm³/mol. The maximum Gasteiger partial charge on any atom is 0.175 e. The number of nitriles is 1. The molecule has 2 nitrogen and oxygen atoms in total. The van der Waals surface area contributed by atoms with E-state index in [9.17, 15) is 0 Å². The molecule has 0 amide bonds. The number of nitrogens with zero attached hydrogens (tertiary/aromatic N) is 2. The fraction of sp³-hybridized carbons (Fsp3) is 0.0769. The minimum absolute atomic E-state index is 0.628. The Bertz CT molecular complexity index is 571. The molecule has 0 aliphatic heterocycles. The monoisotopic (exact) mass is 263 g/mol. The summed E-state index contributed by atoms with van der Waals surface area (Å²) in [6.07, 6.45) is 3.70. The van der Waals surface area contributed by atoms with Crippen molar-refractivity contribution in [3.8, 4) is 6.07 Å². The van der Waals surface area contributed by atoms with Crippen molar-refractivity contribution < 1.29 is 4.57 Å². The predicted octanol–water partition coefficient (Wildman–Crippen LogP) is 3.20. The van der Waals surface area contributed by atoms with Crippen molar-refractivity contribution in [1.29, 1.82) is 5.26 Å². The summed E-state index contributed by atoms with van der Waals surface area (Å²) in [6, 6.07) is 11.1. The molecule has 1 heterocycles. The van der Waals surface area contributed by atoms with Crippen molar-refractivity contribution in [3.63, 3.8) is 0 Å². The van der Waals surface area contributed by atoms with Crippen molar-refractivity contribution in [2.45, 2.75) is 6.54 Å². The zero-order chi connectivity index (χ0) is 12.3. The summed E-state index contributed by atoms with van der Waals surface area (Å²) in [5.41, 5.74) is 1.63. The van der Waals surface area contributed by atoms with E-state index < -0.39 is 0 Å². The molecule has 17 heavy (non-hydrogen) atoms. The summed E-state index contributed by atoms with van der Waals surface area (Å²) in [6.45, 7) is 0.654. The Labute approximate surface area is 110 Å². The normalized spacial score (nSPS) is 9.94. The van der Waals surface area contributed by atoms with Crippen LogP contribution in [0.25, 0.3) is 0 Å². The van der Waals surface area contributed by atoms with Gasteiger partial charge in [0, 0.05) is 22.7 Å². The average Bonchev–Trinajstić information content (AvgIpc) is 2.34. The number of aromatic nitrogens is 1. The number of rotatable bonds is 2. The van der Waals surface area contributed by atoms with E-state index >= 15 is 0 Å². The van der Waals surface area contributed by atoms with Gasteiger partial charge in [-0.1, -0.05) is 23.2 Å². The number of halogens is 2. The summed E-state index contributed by atoms with van der Waals surface area (Å²) in [4.78, 5) is 0. The van der Waals surface area contributed by atoms with Gasteiger partial charge in [-0.15, -0.1) is 0 Å². The topological polar surface area (TPSA) is 27.7 Å². The van der Waals surface area contributed by atoms with Gasteiger partial charge in [-0.05, 0) is 18.2 Å². The van der Waals surface area contributed by atoms with Crippen LogP contribution in [0, 0.1) is 11.3 Å². The maximum absolute atomic E-state index is 8.70. The highest BCUT2D eigenvalue weighted by atomic mass is 35.5. The highest BCUT2D eigenvalue weighted by Gasteiger charge is 2.07. The Morgan fingerprint density at radius 3 is 2.41 bits per heavy atom. The van der Waals surface area contributed by atoms with Crippen molar-refractivity contribution >= 4 is 23.2 Å². The number of hydrogen-bond donors (Lipinski definition) is 0. The van der Waals surface area contributed by atoms with Gasteiger partial charge in [0.15, 0.2) is 18.9 Å². The molecule has 0 aliphatic rings. The van der Waals surface area contributed by atoms with E-state index in [-0.39, 0.29) is 0 Å². The molecule has 0 aliphatic carbocycles. The first-order valence-electron chi connectivity index (χ1n) is 5.02. The van der Waals surface area contributed by atoms with Crippen molar-refractivity contribution in [2.24, 2.45) is 0 Å². The molecule has 84 valence electrons. The van der Waals surface area contributed by atoms with Crippen LogP contribution < -0.4 is 4.57 Å². The van der Waals surface area contributed by atoms with Crippen LogP contribution in [0.4, 0.5) is 0 Å². The summed E-state index contributed by atoms with van der Waals surface area (Å²) in [5, 5.41) is 9.97. The summed E-state index contributed by atoms with van der Waals surface area (Å²) in [5.74, 6) is 0. The van der Waals surface area contributed by atoms with E-state index in [1.165, 1.54) is 0 Å². The number of hydrogen-bond acceptors (Lipinski definition) is 1. The SMILES string of the molecule is N#Cc1cc[n+](Cc2ccc(Cl)cc2Cl)cc1. The first kappa shape index (κ1) is 11.9. The Hall–Kier alpha value is -1.56. The van der Waals surface area contributed by atoms with Crippen LogP contribution in [0.15, 0.2) is 42.7 Å². The first-order chi connectivity index (χ1) is 8.19. The molecule has 0 saturated carbocycles. The van der Waals surface area contributed by atoms with Gasteiger partial charge in [0.25, 0.3) is 0 Å². The van der Waals surface area contributed by atoms with Gasteiger partial charge < -0.3 is 0 Å². The zero-order valence-corrected chi connectivity index (χ0v) is 10.4. The van der Waals surface area contributed by atoms with Gasteiger partial charge in [0.2, 0.25) is 0 Å². The van der Waals surface area contributed by atoms with Gasteiger partial charge in [0.05, 0.1) is 16.7 Å². The van der Waals surface area contributed by atoms with Gasteiger partial charge in [0.1, 0.15) is 0 Å². The van der Waals surface area contributed by atoms with Crippen LogP contribution in [-0.2, 0) is 6.54 Å². The maximum atomic E-state index is 8.70. The molecule has 4 heteroatoms. The Morgan fingerprint density at radius 1 is 1.12 bits per heavy atom. The molecule has 0 fully saturated rings. The van der Waals surface area contributed by atoms with E-state index in [0.717, 1.165) is 5.56 Å². The van der Waals surface area contributed by atoms with Crippen LogP contribution >= 0.6 is 23.2 Å². The van der Waals surface area contributed by atoms with E-state index in [4.69, 9.17) is 28.5 Å². The smallest absolute Gasteiger partial charge is 0.175 e. The second-order valence-electron chi connectivity index (χ2n) is 3.61. The average molecular weight is 264 g/mol. The Morgan fingerprint density at radius 2 is 1.82 bits per heavy atom. The van der Waals surface area contributed by atoms with Crippen molar-refractivity contribution in [1.82, 2.24) is 0 Å². The van der Waals surface area contributed by atoms with Gasteiger partial charge in [-0.3, -0.25) is 0 Å². The number of benzene rings is 1. The lowest BCUT2D eigenvalue weighted by Crippen LogP contribution is -2.33. The van der Waals surface area contributed by atoms with Gasteiger partial charge >= 0.3 is 0 Å². The molecule has 0 radical (unpaired) electrons. The highest BCUT2D eigenvalue weighted by molar-refractivity contribution is 6.35. The van der Waals surface area contributed by atoms with Gasteiger partial charge in [-0.25, -0.2) is 4.57 Å². The Kier molecular flexibility index (Phi) is 3.63. The molecule has 0 atom stereocenters. The second kappa shape index (κ2) is 5.18. The van der Waals surface area contributed by atoms with E-state index in [2.05, 4.69) is 6.07 Å². The minimum Gasteiger partial charge on any atom is -0.201 e. The van der Waals surface area contributed by atoms with Crippen LogP contribution in [0.5, 0.6) is 0 Å². The third-order valence-corrected chi connectivity index (χ3v) is 2.98. The minimum atomic E-state index is 0.628. The van der Waals surface area contributed by atoms with Crippen molar-refractivity contribution in [3.05, 3.63) is 63.9 Å². The standard InChI is InChI=1S/C13H9Cl2N2/c14-12-2-1-11(13(15)7-12)9-17-5-3-10(8-16)4-6-17/h1-7H,9H2/q+1. The van der Waals surface area contributed by atoms with Crippen LogP contribution in [0.3, 0.4) is 0 Å². The first-order valence-corrected chi connectivity index (χ1v) is 5.78. The highest BCUT2D eigenvalue weighted by Crippen LogP contribution is 2.20. The summed E-state index contributed by atoms with van der Waals surface area (Å²) >= 11 is 11.9.